The summed E-state index contributed by atoms with van der Waals surface area (Å²) in [7, 11) is 0. The molecule has 1 fully saturated rings. The first kappa shape index (κ1) is 18.4. The molecule has 3 heterocycles. The molecule has 4 rings (SSSR count). The number of rotatable bonds is 5. The highest BCUT2D eigenvalue weighted by Gasteiger charge is 2.29. The zero-order chi connectivity index (χ0) is 19.3. The summed E-state index contributed by atoms with van der Waals surface area (Å²) in [5.41, 5.74) is 1.93. The van der Waals surface area contributed by atoms with Gasteiger partial charge < -0.3 is 10.2 Å². The molecule has 1 unspecified atom stereocenters. The van der Waals surface area contributed by atoms with Gasteiger partial charge in [0.25, 0.3) is 5.91 Å². The number of benzene rings is 1. The van der Waals surface area contributed by atoms with Gasteiger partial charge in [-0.05, 0) is 36.4 Å². The second kappa shape index (κ2) is 8.39. The summed E-state index contributed by atoms with van der Waals surface area (Å²) >= 11 is 1.44. The predicted molar refractivity (Wildman–Crippen MR) is 108 cm³/mol. The van der Waals surface area contributed by atoms with Crippen LogP contribution in [0.4, 0.5) is 0 Å². The largest absolute Gasteiger partial charge is 0.352 e. The lowest BCUT2D eigenvalue weighted by Crippen LogP contribution is -2.45. The van der Waals surface area contributed by atoms with Gasteiger partial charge in [-0.15, -0.1) is 11.3 Å². The Morgan fingerprint density at radius 3 is 2.82 bits per heavy atom. The maximum atomic E-state index is 12.6. The Bertz CT molecular complexity index is 936. The molecular weight excluding hydrogens is 372 g/mol. The van der Waals surface area contributed by atoms with Gasteiger partial charge in [-0.3, -0.25) is 9.59 Å². The minimum Gasteiger partial charge on any atom is -0.352 e. The van der Waals surface area contributed by atoms with Crippen molar-refractivity contribution in [2.75, 3.05) is 13.1 Å². The third-order valence-electron chi connectivity index (χ3n) is 4.93. The third-order valence-corrected chi connectivity index (χ3v) is 5.79. The van der Waals surface area contributed by atoms with Crippen LogP contribution in [0.5, 0.6) is 0 Å². The molecule has 7 heteroatoms. The van der Waals surface area contributed by atoms with Crippen LogP contribution in [0, 0.1) is 5.92 Å². The van der Waals surface area contributed by atoms with Crippen LogP contribution in [0.1, 0.15) is 28.1 Å². The highest BCUT2D eigenvalue weighted by molar-refractivity contribution is 7.12. The van der Waals surface area contributed by atoms with E-state index in [1.54, 1.807) is 15.8 Å². The van der Waals surface area contributed by atoms with E-state index < -0.39 is 0 Å². The van der Waals surface area contributed by atoms with Crippen LogP contribution in [0.15, 0.2) is 60.2 Å². The minimum atomic E-state index is -0.165. The van der Waals surface area contributed by atoms with Crippen molar-refractivity contribution in [2.45, 2.75) is 19.4 Å². The van der Waals surface area contributed by atoms with E-state index in [2.05, 4.69) is 10.4 Å². The number of nitrogens with one attached hydrogen (secondary N) is 1. The first-order chi connectivity index (χ1) is 13.7. The minimum absolute atomic E-state index is 0.00357. The number of hydrogen-bond acceptors (Lipinski definition) is 4. The molecule has 2 amide bonds. The predicted octanol–water partition coefficient (Wildman–Crippen LogP) is 3.10. The van der Waals surface area contributed by atoms with Gasteiger partial charge in [-0.2, -0.15) is 5.10 Å². The Hall–Kier alpha value is -2.93. The summed E-state index contributed by atoms with van der Waals surface area (Å²) in [5.74, 6) is -0.144. The van der Waals surface area contributed by atoms with Gasteiger partial charge in [-0.25, -0.2) is 4.68 Å². The molecule has 0 spiro atoms. The van der Waals surface area contributed by atoms with Crippen LogP contribution in [-0.4, -0.2) is 39.6 Å². The quantitative estimate of drug-likeness (QED) is 0.723. The van der Waals surface area contributed by atoms with Crippen LogP contribution in [0.3, 0.4) is 0 Å². The highest BCUT2D eigenvalue weighted by Crippen LogP contribution is 2.21. The van der Waals surface area contributed by atoms with E-state index in [0.29, 0.717) is 19.6 Å². The van der Waals surface area contributed by atoms with Crippen molar-refractivity contribution in [3.8, 4) is 5.69 Å². The Labute approximate surface area is 167 Å². The first-order valence-electron chi connectivity index (χ1n) is 9.40. The van der Waals surface area contributed by atoms with Gasteiger partial charge >= 0.3 is 0 Å². The van der Waals surface area contributed by atoms with E-state index in [1.807, 2.05) is 54.0 Å². The van der Waals surface area contributed by atoms with Crippen molar-refractivity contribution in [3.05, 3.63) is 70.7 Å². The molecule has 1 N–H and O–H groups in total. The fourth-order valence-electron chi connectivity index (χ4n) is 3.44. The maximum absolute atomic E-state index is 12.6. The first-order valence-corrected chi connectivity index (χ1v) is 10.3. The Morgan fingerprint density at radius 2 is 2.04 bits per heavy atom. The lowest BCUT2D eigenvalue weighted by molar-refractivity contribution is -0.126. The molecule has 0 radical (unpaired) electrons. The molecule has 0 aliphatic carbocycles. The Morgan fingerprint density at radius 1 is 1.18 bits per heavy atom. The highest BCUT2D eigenvalue weighted by atomic mass is 32.1. The second-order valence-corrected chi connectivity index (χ2v) is 7.86. The molecule has 6 nitrogen and oxygen atoms in total. The SMILES string of the molecule is O=C(NCc1cnn(-c2ccccc2)c1)C1CCCN(C(=O)c2cccs2)C1. The number of hydrogen-bond donors (Lipinski definition) is 1. The number of nitrogens with zero attached hydrogens (tertiary/aromatic N) is 3. The number of piperidine rings is 1. The normalized spacial score (nSPS) is 16.7. The van der Waals surface area contributed by atoms with Crippen molar-refractivity contribution in [1.29, 1.82) is 0 Å². The number of likely N-dealkylation sites (tertiary alicyclic amines) is 1. The van der Waals surface area contributed by atoms with Crippen molar-refractivity contribution in [2.24, 2.45) is 5.92 Å². The smallest absolute Gasteiger partial charge is 0.263 e. The second-order valence-electron chi connectivity index (χ2n) is 6.91. The van der Waals surface area contributed by atoms with Crippen molar-refractivity contribution in [1.82, 2.24) is 20.0 Å². The number of aromatic nitrogens is 2. The number of para-hydroxylation sites is 1. The molecule has 0 bridgehead atoms. The maximum Gasteiger partial charge on any atom is 0.263 e. The van der Waals surface area contributed by atoms with Crippen LogP contribution in [-0.2, 0) is 11.3 Å². The van der Waals surface area contributed by atoms with Gasteiger partial charge in [-0.1, -0.05) is 24.3 Å². The van der Waals surface area contributed by atoms with Crippen molar-refractivity contribution in [3.63, 3.8) is 0 Å². The zero-order valence-electron chi connectivity index (χ0n) is 15.5. The molecule has 0 saturated carbocycles. The van der Waals surface area contributed by atoms with Gasteiger partial charge in [0.2, 0.25) is 5.91 Å². The molecule has 1 atom stereocenters. The van der Waals surface area contributed by atoms with Crippen LogP contribution < -0.4 is 5.32 Å². The molecule has 2 aromatic heterocycles. The summed E-state index contributed by atoms with van der Waals surface area (Å²) in [4.78, 5) is 27.7. The molecule has 1 aliphatic heterocycles. The summed E-state index contributed by atoms with van der Waals surface area (Å²) < 4.78 is 1.80. The molecule has 1 aliphatic rings. The number of amides is 2. The molecule has 1 aromatic carbocycles. The van der Waals surface area contributed by atoms with E-state index >= 15 is 0 Å². The summed E-state index contributed by atoms with van der Waals surface area (Å²) in [6, 6.07) is 13.6. The molecule has 3 aromatic rings. The monoisotopic (exact) mass is 394 g/mol. The molecular formula is C21H22N4O2S. The summed E-state index contributed by atoms with van der Waals surface area (Å²) in [6.45, 7) is 1.62. The average Bonchev–Trinajstić information content (AvgIpc) is 3.44. The van der Waals surface area contributed by atoms with Gasteiger partial charge in [0, 0.05) is 31.4 Å². The van der Waals surface area contributed by atoms with Gasteiger partial charge in [0.1, 0.15) is 0 Å². The zero-order valence-corrected chi connectivity index (χ0v) is 16.3. The topological polar surface area (TPSA) is 67.2 Å². The molecule has 1 saturated heterocycles. The number of carbonyl (C=O) groups is 2. The summed E-state index contributed by atoms with van der Waals surface area (Å²) in [6.07, 6.45) is 5.34. The van der Waals surface area contributed by atoms with Crippen LogP contribution in [0.2, 0.25) is 0 Å². The van der Waals surface area contributed by atoms with Crippen LogP contribution in [0.25, 0.3) is 5.69 Å². The Kier molecular flexibility index (Phi) is 5.53. The standard InChI is InChI=1S/C21H22N4O2S/c26-20(17-6-4-10-24(15-17)21(27)19-9-5-11-28-19)22-12-16-13-23-25(14-16)18-7-2-1-3-8-18/h1-3,5,7-9,11,13-14,17H,4,6,10,12,15H2,(H,22,26). The lowest BCUT2D eigenvalue weighted by Gasteiger charge is -2.31. The third kappa shape index (κ3) is 4.14. The average molecular weight is 395 g/mol. The van der Waals surface area contributed by atoms with Gasteiger partial charge in [0.15, 0.2) is 0 Å². The van der Waals surface area contributed by atoms with Crippen LogP contribution >= 0.6 is 11.3 Å². The molecule has 144 valence electrons. The Balaban J connectivity index is 1.32. The fraction of sp³-hybridized carbons (Fsp3) is 0.286. The fourth-order valence-corrected chi connectivity index (χ4v) is 4.13. The summed E-state index contributed by atoms with van der Waals surface area (Å²) in [5, 5.41) is 9.25. The number of thiophene rings is 1. The van der Waals surface area contributed by atoms with E-state index in [9.17, 15) is 9.59 Å². The van der Waals surface area contributed by atoms with E-state index in [0.717, 1.165) is 29.0 Å². The number of carbonyl (C=O) groups excluding carboxylic acids is 2. The van der Waals surface area contributed by atoms with E-state index in [1.165, 1.54) is 11.3 Å². The molecule has 28 heavy (non-hydrogen) atoms. The van der Waals surface area contributed by atoms with Crippen molar-refractivity contribution >= 4 is 23.2 Å². The van der Waals surface area contributed by atoms with Crippen molar-refractivity contribution < 1.29 is 9.59 Å². The van der Waals surface area contributed by atoms with E-state index in [4.69, 9.17) is 0 Å². The lowest BCUT2D eigenvalue weighted by atomic mass is 9.97. The van der Waals surface area contributed by atoms with E-state index in [-0.39, 0.29) is 17.7 Å². The van der Waals surface area contributed by atoms with Gasteiger partial charge in [0.05, 0.1) is 22.7 Å².